The van der Waals surface area contributed by atoms with Gasteiger partial charge in [-0.1, -0.05) is 121 Å². The number of nitrogens with zero attached hydrogens (tertiary/aromatic N) is 3. The molecule has 4 heteroatoms. The second-order valence-electron chi connectivity index (χ2n) is 13.1. The Morgan fingerprint density at radius 1 is 0.480 bits per heavy atom. The second kappa shape index (κ2) is 11.7. The van der Waals surface area contributed by atoms with Crippen molar-refractivity contribution in [2.75, 3.05) is 6.54 Å². The fraction of sp³-hybridized carbons (Fsp3) is 0.0652. The molecule has 0 saturated carbocycles. The van der Waals surface area contributed by atoms with Gasteiger partial charge in [-0.3, -0.25) is 4.98 Å². The highest BCUT2D eigenvalue weighted by molar-refractivity contribution is 6.13. The van der Waals surface area contributed by atoms with Gasteiger partial charge in [0.1, 0.15) is 0 Å². The first-order chi connectivity index (χ1) is 24.8. The zero-order valence-corrected chi connectivity index (χ0v) is 27.6. The molecule has 3 aromatic heterocycles. The molecule has 0 fully saturated rings. The van der Waals surface area contributed by atoms with Crippen LogP contribution in [0.1, 0.15) is 11.3 Å². The first-order valence-corrected chi connectivity index (χ1v) is 17.4. The number of pyridine rings is 1. The van der Waals surface area contributed by atoms with E-state index >= 15 is 0 Å². The normalized spacial score (nSPS) is 12.9. The minimum absolute atomic E-state index is 0.867. The molecule has 4 heterocycles. The Labute approximate surface area is 290 Å². The summed E-state index contributed by atoms with van der Waals surface area (Å²) in [5, 5.41) is 7.43. The van der Waals surface area contributed by atoms with E-state index in [0.29, 0.717) is 0 Å². The largest absolute Gasteiger partial charge is 0.311 e. The van der Waals surface area contributed by atoms with Gasteiger partial charge in [0.15, 0.2) is 0 Å². The molecule has 1 aliphatic rings. The standard InChI is InChI=1S/C46H34N4/c1-3-9-33(10-4-1)37-13-7-15-41-39-25-27-47-29-43(39)49(45(37)41)35-21-17-31(18-22-35)32-19-23-36(24-20-32)50-44-30-48-28-26-40(44)42-16-8-14-38(46(42)50)34-11-5-2-6-12-34/h1-25,27,29,48H,26,28,30H2. The van der Waals surface area contributed by atoms with Gasteiger partial charge in [-0.2, -0.15) is 0 Å². The molecule has 1 N–H and O–H groups in total. The Hall–Kier alpha value is -6.23. The first kappa shape index (κ1) is 28.8. The molecule has 0 unspecified atom stereocenters. The molecular formula is C46H34N4. The van der Waals surface area contributed by atoms with Gasteiger partial charge in [0.25, 0.3) is 0 Å². The van der Waals surface area contributed by atoms with Gasteiger partial charge in [0.2, 0.25) is 0 Å². The van der Waals surface area contributed by atoms with E-state index in [0.717, 1.165) is 30.7 Å². The van der Waals surface area contributed by atoms with Crippen molar-refractivity contribution in [2.45, 2.75) is 13.0 Å². The van der Waals surface area contributed by atoms with E-state index in [-0.39, 0.29) is 0 Å². The summed E-state index contributed by atoms with van der Waals surface area (Å²) < 4.78 is 4.86. The second-order valence-corrected chi connectivity index (χ2v) is 13.1. The van der Waals surface area contributed by atoms with Crippen LogP contribution in [-0.4, -0.2) is 20.7 Å². The van der Waals surface area contributed by atoms with Crippen molar-refractivity contribution >= 4 is 32.7 Å². The highest BCUT2D eigenvalue weighted by Gasteiger charge is 2.23. The van der Waals surface area contributed by atoms with Crippen molar-refractivity contribution < 1.29 is 0 Å². The van der Waals surface area contributed by atoms with Crippen LogP contribution in [0.15, 0.2) is 164 Å². The minimum Gasteiger partial charge on any atom is -0.311 e. The lowest BCUT2D eigenvalue weighted by molar-refractivity contribution is 0.625. The first-order valence-electron chi connectivity index (χ1n) is 17.4. The molecule has 0 saturated heterocycles. The van der Waals surface area contributed by atoms with Crippen LogP contribution >= 0.6 is 0 Å². The number of nitrogens with one attached hydrogen (secondary N) is 1. The molecule has 238 valence electrons. The molecule has 4 nitrogen and oxygen atoms in total. The van der Waals surface area contributed by atoms with Crippen molar-refractivity contribution in [1.82, 2.24) is 19.4 Å². The van der Waals surface area contributed by atoms with E-state index in [1.165, 1.54) is 77.5 Å². The van der Waals surface area contributed by atoms with Crippen LogP contribution in [0.4, 0.5) is 0 Å². The van der Waals surface area contributed by atoms with Gasteiger partial charge in [0, 0.05) is 57.1 Å². The smallest absolute Gasteiger partial charge is 0.0724 e. The summed E-state index contributed by atoms with van der Waals surface area (Å²) in [6.07, 6.45) is 4.91. The monoisotopic (exact) mass is 642 g/mol. The molecular weight excluding hydrogens is 609 g/mol. The Morgan fingerprint density at radius 3 is 1.70 bits per heavy atom. The fourth-order valence-corrected chi connectivity index (χ4v) is 8.11. The zero-order valence-electron chi connectivity index (χ0n) is 27.6. The van der Waals surface area contributed by atoms with Gasteiger partial charge in [-0.25, -0.2) is 0 Å². The van der Waals surface area contributed by atoms with E-state index < -0.39 is 0 Å². The van der Waals surface area contributed by atoms with E-state index in [4.69, 9.17) is 0 Å². The number of para-hydroxylation sites is 2. The molecule has 0 bridgehead atoms. The lowest BCUT2D eigenvalue weighted by Gasteiger charge is -2.18. The van der Waals surface area contributed by atoms with Crippen molar-refractivity contribution in [3.05, 3.63) is 175 Å². The van der Waals surface area contributed by atoms with E-state index in [1.54, 1.807) is 0 Å². The number of fused-ring (bicyclic) bond motifs is 6. The summed E-state index contributed by atoms with van der Waals surface area (Å²) in [6, 6.07) is 55.0. The van der Waals surface area contributed by atoms with Crippen LogP contribution in [0.3, 0.4) is 0 Å². The summed E-state index contributed by atoms with van der Waals surface area (Å²) in [7, 11) is 0. The molecule has 6 aromatic carbocycles. The lowest BCUT2D eigenvalue weighted by atomic mass is 9.99. The van der Waals surface area contributed by atoms with Crippen LogP contribution in [-0.2, 0) is 13.0 Å². The number of hydrogen-bond acceptors (Lipinski definition) is 2. The Balaban J connectivity index is 1.07. The summed E-state index contributed by atoms with van der Waals surface area (Å²) in [6.45, 7) is 1.88. The lowest BCUT2D eigenvalue weighted by Crippen LogP contribution is -2.24. The summed E-state index contributed by atoms with van der Waals surface area (Å²) in [5.74, 6) is 0. The van der Waals surface area contributed by atoms with E-state index in [2.05, 4.69) is 171 Å². The molecule has 1 aliphatic heterocycles. The highest BCUT2D eigenvalue weighted by atomic mass is 15.0. The third-order valence-corrected chi connectivity index (χ3v) is 10.4. The van der Waals surface area contributed by atoms with Crippen molar-refractivity contribution in [3.8, 4) is 44.8 Å². The van der Waals surface area contributed by atoms with Gasteiger partial charge in [0.05, 0.1) is 22.7 Å². The van der Waals surface area contributed by atoms with Crippen LogP contribution in [0.5, 0.6) is 0 Å². The predicted octanol–water partition coefficient (Wildman–Crippen LogP) is 10.8. The molecule has 0 radical (unpaired) electrons. The number of benzene rings is 6. The average molecular weight is 643 g/mol. The molecule has 50 heavy (non-hydrogen) atoms. The molecule has 0 atom stereocenters. The van der Waals surface area contributed by atoms with Gasteiger partial charge in [-0.05, 0) is 71.1 Å². The van der Waals surface area contributed by atoms with Crippen LogP contribution in [0.25, 0.3) is 77.5 Å². The number of aromatic nitrogens is 3. The van der Waals surface area contributed by atoms with Gasteiger partial charge in [-0.15, -0.1) is 0 Å². The number of hydrogen-bond donors (Lipinski definition) is 1. The van der Waals surface area contributed by atoms with Crippen molar-refractivity contribution in [1.29, 1.82) is 0 Å². The Bertz CT molecular complexity index is 2670. The maximum atomic E-state index is 4.53. The Morgan fingerprint density at radius 2 is 1.06 bits per heavy atom. The average Bonchev–Trinajstić information content (AvgIpc) is 3.72. The third kappa shape index (κ3) is 4.53. The molecule has 9 aromatic rings. The van der Waals surface area contributed by atoms with E-state index in [1.807, 2.05) is 12.4 Å². The summed E-state index contributed by atoms with van der Waals surface area (Å²) >= 11 is 0. The van der Waals surface area contributed by atoms with Crippen molar-refractivity contribution in [3.63, 3.8) is 0 Å². The molecule has 0 aliphatic carbocycles. The van der Waals surface area contributed by atoms with Crippen LogP contribution < -0.4 is 5.32 Å². The SMILES string of the molecule is c1ccc(-c2cccc3c4c(n(-c5ccc(-c6ccc(-n7c8cnccc8c8cccc(-c9ccccc9)c87)cc6)cc5)c23)CNCC4)cc1. The predicted molar refractivity (Wildman–Crippen MR) is 207 cm³/mol. The molecule has 10 rings (SSSR count). The quantitative estimate of drug-likeness (QED) is 0.203. The van der Waals surface area contributed by atoms with Crippen LogP contribution in [0, 0.1) is 0 Å². The molecule has 0 spiro atoms. The van der Waals surface area contributed by atoms with Crippen molar-refractivity contribution in [2.24, 2.45) is 0 Å². The third-order valence-electron chi connectivity index (χ3n) is 10.4. The topological polar surface area (TPSA) is 34.8 Å². The summed E-state index contributed by atoms with van der Waals surface area (Å²) in [5.41, 5.74) is 16.0. The highest BCUT2D eigenvalue weighted by Crippen LogP contribution is 2.40. The zero-order chi connectivity index (χ0) is 33.0. The van der Waals surface area contributed by atoms with Crippen LogP contribution in [0.2, 0.25) is 0 Å². The van der Waals surface area contributed by atoms with Gasteiger partial charge >= 0.3 is 0 Å². The molecule has 0 amide bonds. The van der Waals surface area contributed by atoms with E-state index in [9.17, 15) is 0 Å². The maximum Gasteiger partial charge on any atom is 0.0724 e. The number of rotatable bonds is 5. The maximum absolute atomic E-state index is 4.53. The Kier molecular flexibility index (Phi) is 6.74. The van der Waals surface area contributed by atoms with Gasteiger partial charge < -0.3 is 14.5 Å². The summed E-state index contributed by atoms with van der Waals surface area (Å²) in [4.78, 5) is 4.53. The fourth-order valence-electron chi connectivity index (χ4n) is 8.11. The minimum atomic E-state index is 0.867.